The Hall–Kier alpha value is -0.140. The van der Waals surface area contributed by atoms with Gasteiger partial charge in [0.25, 0.3) is 0 Å². The lowest BCUT2D eigenvalue weighted by molar-refractivity contribution is -0.120. The molecule has 0 aliphatic rings. The van der Waals surface area contributed by atoms with Gasteiger partial charge < -0.3 is 5.32 Å². The Bertz CT molecular complexity index is 292. The fraction of sp³-hybridized carbons (Fsp3) is 0.875. The summed E-state index contributed by atoms with van der Waals surface area (Å²) in [6, 6.07) is 0. The quantitative estimate of drug-likeness (QED) is 0.521. The molecule has 0 radical (unpaired) electrons. The molecule has 0 aliphatic carbocycles. The number of carbonyl (C=O) groups excluding carboxylic acids is 1. The van der Waals surface area contributed by atoms with E-state index in [-0.39, 0.29) is 10.7 Å². The number of alkyl halides is 1. The van der Waals surface area contributed by atoms with Gasteiger partial charge in [-0.05, 0) is 12.8 Å². The topological polar surface area (TPSA) is 75.3 Å². The summed E-state index contributed by atoms with van der Waals surface area (Å²) in [5.41, 5.74) is 0. The van der Waals surface area contributed by atoms with Crippen molar-refractivity contribution in [3.63, 3.8) is 0 Å². The van der Waals surface area contributed by atoms with Crippen molar-refractivity contribution in [1.82, 2.24) is 10.0 Å². The molecule has 1 unspecified atom stereocenters. The van der Waals surface area contributed by atoms with Crippen LogP contribution in [0.15, 0.2) is 0 Å². The number of hydrogen-bond acceptors (Lipinski definition) is 3. The van der Waals surface area contributed by atoms with Gasteiger partial charge in [0.1, 0.15) is 0 Å². The minimum Gasteiger partial charge on any atom is -0.355 e. The molecule has 0 saturated heterocycles. The Morgan fingerprint density at radius 2 is 2.00 bits per heavy atom. The lowest BCUT2D eigenvalue weighted by Crippen LogP contribution is -2.33. The first-order valence-electron chi connectivity index (χ1n) is 4.73. The third-order valence-electron chi connectivity index (χ3n) is 1.66. The van der Waals surface area contributed by atoms with E-state index in [9.17, 15) is 13.2 Å². The van der Waals surface area contributed by atoms with E-state index in [0.29, 0.717) is 19.5 Å². The molecule has 7 heteroatoms. The van der Waals surface area contributed by atoms with Gasteiger partial charge in [0, 0.05) is 13.1 Å². The minimum absolute atomic E-state index is 0.0585. The third-order valence-corrected chi connectivity index (χ3v) is 3.45. The first kappa shape index (κ1) is 14.9. The zero-order valence-electron chi connectivity index (χ0n) is 8.92. The van der Waals surface area contributed by atoms with Crippen molar-refractivity contribution in [3.8, 4) is 0 Å². The molecule has 90 valence electrons. The van der Waals surface area contributed by atoms with Gasteiger partial charge in [-0.2, -0.15) is 0 Å². The molecular weight excluding hydrogens is 284 g/mol. The average molecular weight is 301 g/mol. The SMILES string of the molecule is CCC(Br)C(=O)NCCCNS(C)(=O)=O. The van der Waals surface area contributed by atoms with Crippen molar-refractivity contribution in [1.29, 1.82) is 0 Å². The first-order valence-corrected chi connectivity index (χ1v) is 7.54. The molecule has 0 rings (SSSR count). The number of rotatable bonds is 7. The van der Waals surface area contributed by atoms with Crippen LogP contribution in [0.2, 0.25) is 0 Å². The molecule has 5 nitrogen and oxygen atoms in total. The fourth-order valence-corrected chi connectivity index (χ4v) is 1.53. The molecule has 0 aromatic rings. The summed E-state index contributed by atoms with van der Waals surface area (Å²) in [6.07, 6.45) is 2.42. The van der Waals surface area contributed by atoms with E-state index in [1.54, 1.807) is 0 Å². The zero-order chi connectivity index (χ0) is 11.9. The van der Waals surface area contributed by atoms with Crippen LogP contribution in [0, 0.1) is 0 Å². The Kier molecular flexibility index (Phi) is 7.12. The fourth-order valence-electron chi connectivity index (χ4n) is 0.854. The third kappa shape index (κ3) is 8.83. The summed E-state index contributed by atoms with van der Waals surface area (Å²) in [4.78, 5) is 11.1. The number of sulfonamides is 1. The molecule has 2 N–H and O–H groups in total. The maximum atomic E-state index is 11.2. The molecule has 0 fully saturated rings. The van der Waals surface area contributed by atoms with Crippen molar-refractivity contribution in [2.24, 2.45) is 0 Å². The number of amides is 1. The van der Waals surface area contributed by atoms with Gasteiger partial charge >= 0.3 is 0 Å². The van der Waals surface area contributed by atoms with Crippen molar-refractivity contribution in [3.05, 3.63) is 0 Å². The lowest BCUT2D eigenvalue weighted by atomic mass is 10.3. The Balaban J connectivity index is 3.51. The van der Waals surface area contributed by atoms with Gasteiger partial charge in [0.15, 0.2) is 0 Å². The summed E-state index contributed by atoms with van der Waals surface area (Å²) < 4.78 is 23.7. The minimum atomic E-state index is -3.12. The van der Waals surface area contributed by atoms with Crippen LogP contribution in [0.25, 0.3) is 0 Å². The maximum Gasteiger partial charge on any atom is 0.233 e. The van der Waals surface area contributed by atoms with Gasteiger partial charge in [0.05, 0.1) is 11.1 Å². The van der Waals surface area contributed by atoms with E-state index >= 15 is 0 Å². The zero-order valence-corrected chi connectivity index (χ0v) is 11.3. The Morgan fingerprint density at radius 3 is 2.47 bits per heavy atom. The second-order valence-corrected chi connectivity index (χ2v) is 6.13. The van der Waals surface area contributed by atoms with E-state index in [0.717, 1.165) is 12.7 Å². The van der Waals surface area contributed by atoms with Crippen LogP contribution < -0.4 is 10.0 Å². The van der Waals surface area contributed by atoms with Gasteiger partial charge in [-0.3, -0.25) is 4.79 Å². The van der Waals surface area contributed by atoms with Crippen molar-refractivity contribution >= 4 is 31.9 Å². The van der Waals surface area contributed by atoms with Crippen molar-refractivity contribution in [2.45, 2.75) is 24.6 Å². The molecule has 15 heavy (non-hydrogen) atoms. The van der Waals surface area contributed by atoms with Crippen LogP contribution >= 0.6 is 15.9 Å². The highest BCUT2D eigenvalue weighted by Gasteiger charge is 2.10. The molecule has 0 aliphatic heterocycles. The van der Waals surface area contributed by atoms with Crippen LogP contribution in [0.5, 0.6) is 0 Å². The molecule has 0 aromatic carbocycles. The molecular formula is C8H17BrN2O3S. The van der Waals surface area contributed by atoms with Crippen molar-refractivity contribution in [2.75, 3.05) is 19.3 Å². The largest absolute Gasteiger partial charge is 0.355 e. The van der Waals surface area contributed by atoms with Gasteiger partial charge in [-0.15, -0.1) is 0 Å². The highest BCUT2D eigenvalue weighted by Crippen LogP contribution is 2.03. The molecule has 1 atom stereocenters. The van der Waals surface area contributed by atoms with Gasteiger partial charge in [-0.25, -0.2) is 13.1 Å². The molecule has 0 bridgehead atoms. The van der Waals surface area contributed by atoms with Gasteiger partial charge in [-0.1, -0.05) is 22.9 Å². The standard InChI is InChI=1S/C8H17BrN2O3S/c1-3-7(9)8(12)10-5-4-6-11-15(2,13)14/h7,11H,3-6H2,1-2H3,(H,10,12). The van der Waals surface area contributed by atoms with E-state index in [1.165, 1.54) is 0 Å². The van der Waals surface area contributed by atoms with Crippen LogP contribution in [-0.4, -0.2) is 38.5 Å². The molecule has 0 spiro atoms. The normalized spacial score (nSPS) is 13.5. The summed E-state index contributed by atoms with van der Waals surface area (Å²) in [5, 5.41) is 2.70. The number of nitrogens with one attached hydrogen (secondary N) is 2. The lowest BCUT2D eigenvalue weighted by Gasteiger charge is -2.08. The molecule has 0 heterocycles. The molecule has 0 saturated carbocycles. The summed E-state index contributed by atoms with van der Waals surface area (Å²) in [6.45, 7) is 2.73. The number of halogens is 1. The molecule has 1 amide bonds. The summed E-state index contributed by atoms with van der Waals surface area (Å²) in [5.74, 6) is -0.0585. The number of carbonyl (C=O) groups is 1. The Labute approximate surface area is 99.2 Å². The summed E-state index contributed by atoms with van der Waals surface area (Å²) >= 11 is 3.22. The predicted octanol–water partition coefficient (Wildman–Crippen LogP) is 0.215. The summed E-state index contributed by atoms with van der Waals surface area (Å²) in [7, 11) is -3.12. The second kappa shape index (κ2) is 7.19. The van der Waals surface area contributed by atoms with E-state index in [4.69, 9.17) is 0 Å². The number of hydrogen-bond donors (Lipinski definition) is 2. The Morgan fingerprint density at radius 1 is 1.40 bits per heavy atom. The second-order valence-electron chi connectivity index (χ2n) is 3.19. The van der Waals surface area contributed by atoms with Crippen LogP contribution in [-0.2, 0) is 14.8 Å². The van der Waals surface area contributed by atoms with Crippen LogP contribution in [0.3, 0.4) is 0 Å². The smallest absolute Gasteiger partial charge is 0.233 e. The van der Waals surface area contributed by atoms with E-state index in [1.807, 2.05) is 6.92 Å². The van der Waals surface area contributed by atoms with E-state index < -0.39 is 10.0 Å². The van der Waals surface area contributed by atoms with Crippen molar-refractivity contribution < 1.29 is 13.2 Å². The predicted molar refractivity (Wildman–Crippen MR) is 63.5 cm³/mol. The average Bonchev–Trinajstić information content (AvgIpc) is 2.14. The first-order chi connectivity index (χ1) is 6.87. The highest BCUT2D eigenvalue weighted by atomic mass is 79.9. The van der Waals surface area contributed by atoms with Gasteiger partial charge in [0.2, 0.25) is 15.9 Å². The van der Waals surface area contributed by atoms with Crippen LogP contribution in [0.4, 0.5) is 0 Å². The maximum absolute atomic E-state index is 11.2. The van der Waals surface area contributed by atoms with E-state index in [2.05, 4.69) is 26.0 Å². The highest BCUT2D eigenvalue weighted by molar-refractivity contribution is 9.10. The monoisotopic (exact) mass is 300 g/mol. The molecule has 0 aromatic heterocycles. The van der Waals surface area contributed by atoms with Crippen LogP contribution in [0.1, 0.15) is 19.8 Å².